The summed E-state index contributed by atoms with van der Waals surface area (Å²) in [6.07, 6.45) is 10.6. The summed E-state index contributed by atoms with van der Waals surface area (Å²) in [5.74, 6) is 1.63. The Hall–Kier alpha value is -0.860. The van der Waals surface area contributed by atoms with Crippen molar-refractivity contribution in [3.8, 4) is 0 Å². The third-order valence-electron chi connectivity index (χ3n) is 5.45. The average Bonchev–Trinajstić information content (AvgIpc) is 3.31. The molecule has 1 aliphatic carbocycles. The van der Waals surface area contributed by atoms with Crippen molar-refractivity contribution in [3.05, 3.63) is 35.9 Å². The largest absolute Gasteiger partial charge is 0.368 e. The molecule has 0 spiro atoms. The Morgan fingerprint density at radius 1 is 1.04 bits per heavy atom. The quantitative estimate of drug-likeness (QED) is 0.688. The number of hydrogen-bond acceptors (Lipinski definition) is 2. The Morgan fingerprint density at radius 2 is 1.78 bits per heavy atom. The van der Waals surface area contributed by atoms with E-state index in [-0.39, 0.29) is 0 Å². The van der Waals surface area contributed by atoms with Crippen LogP contribution < -0.4 is 5.32 Å². The summed E-state index contributed by atoms with van der Waals surface area (Å²) >= 11 is 0. The average molecular weight is 316 g/mol. The van der Waals surface area contributed by atoms with Gasteiger partial charge < -0.3 is 10.1 Å². The zero-order valence-electron chi connectivity index (χ0n) is 14.8. The normalized spacial score (nSPS) is 26.4. The SMILES string of the molecule is CC(C)C[C@@H]1O[C@H]1[C@H](CC1CCCCC1)NCc1ccccc1. The third-order valence-corrected chi connectivity index (χ3v) is 5.45. The summed E-state index contributed by atoms with van der Waals surface area (Å²) in [6, 6.07) is 11.3. The van der Waals surface area contributed by atoms with Crippen LogP contribution in [-0.2, 0) is 11.3 Å². The van der Waals surface area contributed by atoms with Gasteiger partial charge in [-0.3, -0.25) is 0 Å². The molecule has 2 heteroatoms. The second-order valence-electron chi connectivity index (χ2n) is 7.98. The summed E-state index contributed by atoms with van der Waals surface area (Å²) in [4.78, 5) is 0. The van der Waals surface area contributed by atoms with Gasteiger partial charge in [0, 0.05) is 12.6 Å². The smallest absolute Gasteiger partial charge is 0.0994 e. The van der Waals surface area contributed by atoms with Gasteiger partial charge in [0.1, 0.15) is 0 Å². The fourth-order valence-corrected chi connectivity index (χ4v) is 4.13. The van der Waals surface area contributed by atoms with E-state index in [1.165, 1.54) is 50.5 Å². The molecular weight excluding hydrogens is 282 g/mol. The van der Waals surface area contributed by atoms with Gasteiger partial charge in [0.15, 0.2) is 0 Å². The summed E-state index contributed by atoms with van der Waals surface area (Å²) < 4.78 is 6.06. The lowest BCUT2D eigenvalue weighted by Gasteiger charge is -2.26. The van der Waals surface area contributed by atoms with Crippen LogP contribution in [0.1, 0.15) is 64.4 Å². The summed E-state index contributed by atoms with van der Waals surface area (Å²) in [7, 11) is 0. The Morgan fingerprint density at radius 3 is 2.48 bits per heavy atom. The first-order chi connectivity index (χ1) is 11.2. The fourth-order valence-electron chi connectivity index (χ4n) is 4.13. The van der Waals surface area contributed by atoms with E-state index in [2.05, 4.69) is 49.5 Å². The second kappa shape index (κ2) is 8.30. The maximum Gasteiger partial charge on any atom is 0.0994 e. The topological polar surface area (TPSA) is 24.6 Å². The lowest BCUT2D eigenvalue weighted by Crippen LogP contribution is -2.37. The number of rotatable bonds is 8. The molecule has 3 rings (SSSR count). The van der Waals surface area contributed by atoms with Crippen LogP contribution in [-0.4, -0.2) is 18.2 Å². The van der Waals surface area contributed by atoms with Crippen molar-refractivity contribution in [3.63, 3.8) is 0 Å². The van der Waals surface area contributed by atoms with Crippen LogP contribution >= 0.6 is 0 Å². The molecule has 1 aliphatic heterocycles. The second-order valence-corrected chi connectivity index (χ2v) is 7.98. The molecule has 0 amide bonds. The van der Waals surface area contributed by atoms with Gasteiger partial charge >= 0.3 is 0 Å². The molecule has 1 N–H and O–H groups in total. The van der Waals surface area contributed by atoms with Crippen molar-refractivity contribution >= 4 is 0 Å². The van der Waals surface area contributed by atoms with Crippen LogP contribution in [0.25, 0.3) is 0 Å². The van der Waals surface area contributed by atoms with Crippen LogP contribution in [0.5, 0.6) is 0 Å². The Kier molecular flexibility index (Phi) is 6.13. The van der Waals surface area contributed by atoms with Gasteiger partial charge in [0.05, 0.1) is 12.2 Å². The van der Waals surface area contributed by atoms with E-state index < -0.39 is 0 Å². The minimum atomic E-state index is 0.447. The van der Waals surface area contributed by atoms with Crippen LogP contribution in [0.15, 0.2) is 30.3 Å². The number of epoxide rings is 1. The Bertz CT molecular complexity index is 452. The van der Waals surface area contributed by atoms with Crippen LogP contribution in [0.4, 0.5) is 0 Å². The van der Waals surface area contributed by atoms with Crippen LogP contribution in [0, 0.1) is 11.8 Å². The molecule has 1 saturated carbocycles. The van der Waals surface area contributed by atoms with Crippen molar-refractivity contribution in [1.29, 1.82) is 0 Å². The molecule has 0 radical (unpaired) electrons. The number of hydrogen-bond donors (Lipinski definition) is 1. The van der Waals surface area contributed by atoms with Crippen LogP contribution in [0.3, 0.4) is 0 Å². The van der Waals surface area contributed by atoms with Gasteiger partial charge in [0.2, 0.25) is 0 Å². The zero-order chi connectivity index (χ0) is 16.1. The monoisotopic (exact) mass is 315 g/mol. The van der Waals surface area contributed by atoms with E-state index in [0.29, 0.717) is 18.2 Å². The molecule has 128 valence electrons. The molecule has 2 nitrogen and oxygen atoms in total. The first-order valence-electron chi connectivity index (χ1n) is 9.65. The molecule has 1 aromatic rings. The van der Waals surface area contributed by atoms with E-state index in [9.17, 15) is 0 Å². The lowest BCUT2D eigenvalue weighted by atomic mass is 9.83. The third kappa shape index (κ3) is 5.32. The molecule has 23 heavy (non-hydrogen) atoms. The van der Waals surface area contributed by atoms with E-state index in [1.54, 1.807) is 0 Å². The Balaban J connectivity index is 1.54. The Labute approximate surface area is 142 Å². The van der Waals surface area contributed by atoms with Crippen molar-refractivity contribution in [1.82, 2.24) is 5.32 Å². The van der Waals surface area contributed by atoms with Gasteiger partial charge in [-0.15, -0.1) is 0 Å². The molecule has 0 bridgehead atoms. The summed E-state index contributed by atoms with van der Waals surface area (Å²) in [5, 5.41) is 3.82. The molecule has 2 aliphatic rings. The van der Waals surface area contributed by atoms with E-state index in [0.717, 1.165) is 18.4 Å². The molecule has 3 atom stereocenters. The molecule has 1 saturated heterocycles. The number of ether oxygens (including phenoxy) is 1. The van der Waals surface area contributed by atoms with Gasteiger partial charge in [-0.2, -0.15) is 0 Å². The highest BCUT2D eigenvalue weighted by Gasteiger charge is 2.45. The molecule has 0 aromatic heterocycles. The van der Waals surface area contributed by atoms with Crippen LogP contribution in [0.2, 0.25) is 0 Å². The predicted octanol–water partition coefficient (Wildman–Crippen LogP) is 4.93. The van der Waals surface area contributed by atoms with Crippen molar-refractivity contribution in [2.45, 2.75) is 83.6 Å². The predicted molar refractivity (Wildman–Crippen MR) is 96.4 cm³/mol. The molecule has 1 aromatic carbocycles. The highest BCUT2D eigenvalue weighted by molar-refractivity contribution is 5.14. The summed E-state index contributed by atoms with van der Waals surface area (Å²) in [6.45, 7) is 5.56. The van der Waals surface area contributed by atoms with E-state index in [1.807, 2.05) is 0 Å². The first-order valence-corrected chi connectivity index (χ1v) is 9.65. The minimum Gasteiger partial charge on any atom is -0.368 e. The maximum absolute atomic E-state index is 6.06. The van der Waals surface area contributed by atoms with Crippen molar-refractivity contribution in [2.75, 3.05) is 0 Å². The molecule has 2 fully saturated rings. The molecule has 0 unspecified atom stereocenters. The van der Waals surface area contributed by atoms with Gasteiger partial charge in [-0.05, 0) is 30.2 Å². The molecule has 1 heterocycles. The fraction of sp³-hybridized carbons (Fsp3) is 0.714. The highest BCUT2D eigenvalue weighted by atomic mass is 16.6. The lowest BCUT2D eigenvalue weighted by molar-refractivity contribution is 0.255. The summed E-state index contributed by atoms with van der Waals surface area (Å²) in [5.41, 5.74) is 1.38. The van der Waals surface area contributed by atoms with E-state index >= 15 is 0 Å². The van der Waals surface area contributed by atoms with Crippen molar-refractivity contribution in [2.24, 2.45) is 11.8 Å². The maximum atomic E-state index is 6.06. The van der Waals surface area contributed by atoms with Gasteiger partial charge in [0.25, 0.3) is 0 Å². The standard InChI is InChI=1S/C21H33NO/c1-16(2)13-20-21(23-20)19(14-17-9-5-3-6-10-17)22-15-18-11-7-4-8-12-18/h4,7-8,11-12,16-17,19-22H,3,5-6,9-10,13-15H2,1-2H3/t19-,20-,21-/m0/s1. The van der Waals surface area contributed by atoms with Crippen molar-refractivity contribution < 1.29 is 4.74 Å². The minimum absolute atomic E-state index is 0.447. The first kappa shape index (κ1) is 17.0. The number of nitrogens with one attached hydrogen (secondary N) is 1. The molecular formula is C21H33NO. The highest BCUT2D eigenvalue weighted by Crippen LogP contribution is 2.36. The van der Waals surface area contributed by atoms with Gasteiger partial charge in [-0.1, -0.05) is 76.3 Å². The van der Waals surface area contributed by atoms with Gasteiger partial charge in [-0.25, -0.2) is 0 Å². The zero-order valence-corrected chi connectivity index (χ0v) is 14.8. The number of benzene rings is 1. The van der Waals surface area contributed by atoms with E-state index in [4.69, 9.17) is 4.74 Å².